The Hall–Kier alpha value is -3.87. The number of hydrogen-bond acceptors (Lipinski definition) is 9. The monoisotopic (exact) mass is 734 g/mol. The van der Waals surface area contributed by atoms with Crippen molar-refractivity contribution in [2.24, 2.45) is 11.8 Å². The number of nitrogen functional groups attached to an aromatic ring is 1. The average Bonchev–Trinajstić information content (AvgIpc) is 3.57. The lowest BCUT2D eigenvalue weighted by Gasteiger charge is -2.39. The van der Waals surface area contributed by atoms with Crippen molar-refractivity contribution in [1.82, 2.24) is 24.7 Å². The molecule has 2 aromatic heterocycles. The molecule has 3 aromatic rings. The van der Waals surface area contributed by atoms with Gasteiger partial charge in [-0.05, 0) is 55.2 Å². The van der Waals surface area contributed by atoms with Crippen molar-refractivity contribution in [3.8, 4) is 0 Å². The summed E-state index contributed by atoms with van der Waals surface area (Å²) >= 11 is 1.28. The van der Waals surface area contributed by atoms with Gasteiger partial charge in [-0.25, -0.2) is 4.98 Å². The van der Waals surface area contributed by atoms with Crippen LogP contribution in [0.15, 0.2) is 60.2 Å². The van der Waals surface area contributed by atoms with Crippen LogP contribution in [0.5, 0.6) is 0 Å². The number of aliphatic hydroxyl groups excluding tert-OH is 2. The Balaban J connectivity index is 1.54. The number of nitrogens with two attached hydrogens (primary N) is 1. The number of amides is 3. The summed E-state index contributed by atoms with van der Waals surface area (Å²) in [7, 11) is 1.73. The van der Waals surface area contributed by atoms with Crippen LogP contribution in [0.2, 0.25) is 0 Å². The maximum Gasteiger partial charge on any atom is 0.241 e. The fourth-order valence-corrected chi connectivity index (χ4v) is 7.70. The second-order valence-electron chi connectivity index (χ2n) is 14.7. The molecule has 0 saturated heterocycles. The Morgan fingerprint density at radius 2 is 1.63 bits per heavy atom. The minimum absolute atomic E-state index is 0.105. The number of likely N-dealkylation sites (N-methyl/N-ethyl adjacent to an activating group) is 1. The summed E-state index contributed by atoms with van der Waals surface area (Å²) in [6.45, 7) is 6.30. The largest absolute Gasteiger partial charge is 0.390 e. The van der Waals surface area contributed by atoms with Crippen molar-refractivity contribution in [3.63, 3.8) is 0 Å². The third-order valence-corrected chi connectivity index (χ3v) is 11.0. The summed E-state index contributed by atoms with van der Waals surface area (Å²) in [5, 5.41) is 25.0. The number of carbonyl (C=O) groups excluding carboxylic acids is 3. The van der Waals surface area contributed by atoms with Crippen LogP contribution in [0.25, 0.3) is 0 Å². The third kappa shape index (κ3) is 12.4. The molecule has 1 aliphatic rings. The predicted octanol–water partition coefficient (Wildman–Crippen LogP) is 5.63. The first kappa shape index (κ1) is 40.9. The molecule has 0 spiro atoms. The smallest absolute Gasteiger partial charge is 0.241 e. The zero-order chi connectivity index (χ0) is 37.6. The number of nitrogens with zero attached hydrogens (tertiary/aromatic N) is 5. The molecule has 0 aliphatic heterocycles. The molecule has 0 radical (unpaired) electrons. The highest BCUT2D eigenvalue weighted by molar-refractivity contribution is 7.13. The van der Waals surface area contributed by atoms with E-state index >= 15 is 0 Å². The second kappa shape index (κ2) is 20.4. The highest BCUT2D eigenvalue weighted by Gasteiger charge is 2.37. The van der Waals surface area contributed by atoms with Gasteiger partial charge >= 0.3 is 0 Å². The van der Waals surface area contributed by atoms with Gasteiger partial charge in [-0.15, -0.1) is 11.3 Å². The van der Waals surface area contributed by atoms with Gasteiger partial charge in [0.1, 0.15) is 12.6 Å². The van der Waals surface area contributed by atoms with E-state index in [4.69, 9.17) is 5.73 Å². The number of anilines is 1. The van der Waals surface area contributed by atoms with E-state index in [0.717, 1.165) is 36.8 Å². The second-order valence-corrected chi connectivity index (χ2v) is 15.6. The molecule has 1 saturated carbocycles. The molecule has 1 aliphatic carbocycles. The molecule has 4 rings (SSSR count). The van der Waals surface area contributed by atoms with E-state index in [2.05, 4.69) is 9.97 Å². The molecule has 12 heteroatoms. The molecular weight excluding hydrogens is 677 g/mol. The van der Waals surface area contributed by atoms with Crippen LogP contribution in [-0.2, 0) is 27.3 Å². The molecule has 2 heterocycles. The zero-order valence-electron chi connectivity index (χ0n) is 31.3. The fraction of sp³-hybridized carbons (Fsp3) is 0.575. The van der Waals surface area contributed by atoms with Gasteiger partial charge in [0.25, 0.3) is 0 Å². The third-order valence-electron chi connectivity index (χ3n) is 10.2. The minimum Gasteiger partial charge on any atom is -0.390 e. The van der Waals surface area contributed by atoms with Crippen LogP contribution in [0, 0.1) is 11.8 Å². The molecule has 4 atom stereocenters. The average molecular weight is 735 g/mol. The number of benzene rings is 1. The molecule has 0 bridgehead atoms. The maximum absolute atomic E-state index is 14.3. The van der Waals surface area contributed by atoms with E-state index in [1.54, 1.807) is 39.5 Å². The number of aliphatic hydroxyl groups is 2. The van der Waals surface area contributed by atoms with Gasteiger partial charge in [0, 0.05) is 44.2 Å². The predicted molar refractivity (Wildman–Crippen MR) is 205 cm³/mol. The number of aromatic nitrogens is 2. The van der Waals surface area contributed by atoms with E-state index in [1.807, 2.05) is 63.2 Å². The summed E-state index contributed by atoms with van der Waals surface area (Å²) in [4.78, 5) is 55.3. The molecule has 284 valence electrons. The number of hydrogen-bond donors (Lipinski definition) is 3. The Morgan fingerprint density at radius 3 is 2.25 bits per heavy atom. The van der Waals surface area contributed by atoms with E-state index in [9.17, 15) is 24.6 Å². The highest BCUT2D eigenvalue weighted by Crippen LogP contribution is 2.32. The van der Waals surface area contributed by atoms with Crippen molar-refractivity contribution in [2.45, 2.75) is 116 Å². The highest BCUT2D eigenvalue weighted by atomic mass is 32.1. The van der Waals surface area contributed by atoms with Crippen LogP contribution >= 0.6 is 11.3 Å². The molecule has 0 unspecified atom stereocenters. The van der Waals surface area contributed by atoms with Crippen molar-refractivity contribution < 1.29 is 24.6 Å². The Labute approximate surface area is 313 Å². The Morgan fingerprint density at radius 1 is 0.942 bits per heavy atom. The van der Waals surface area contributed by atoms with Crippen LogP contribution < -0.4 is 5.73 Å². The molecule has 11 nitrogen and oxygen atoms in total. The quantitative estimate of drug-likeness (QED) is 0.143. The standard InChI is InChI=1S/C40H58N6O5S/c1-28(2)22-35(47)39(51)34(23-30-12-7-5-8-13-30)46(25-33-27-52-40(41)43-33)37(49)18-17-36(48)45(29(3)32-15-9-6-10-16-32)26-38(50)44(4)21-19-31-14-11-20-42-24-31/h6,9-11,14-16,20,24,27-30,34-35,39,47,51H,5,7-8,12-13,17-19,21-23,25-26H2,1-4H3,(H2,41,43)/t29-,34-,35-,39+/m0/s1. The number of rotatable bonds is 19. The summed E-state index contributed by atoms with van der Waals surface area (Å²) in [5.41, 5.74) is 8.46. The Kier molecular flexibility index (Phi) is 16.0. The van der Waals surface area contributed by atoms with Crippen LogP contribution in [0.3, 0.4) is 0 Å². The number of carbonyl (C=O) groups is 3. The van der Waals surface area contributed by atoms with Crippen molar-refractivity contribution >= 4 is 34.2 Å². The molecule has 1 fully saturated rings. The van der Waals surface area contributed by atoms with E-state index in [0.29, 0.717) is 42.6 Å². The van der Waals surface area contributed by atoms with E-state index in [1.165, 1.54) is 17.8 Å². The summed E-state index contributed by atoms with van der Waals surface area (Å²) in [6, 6.07) is 12.3. The van der Waals surface area contributed by atoms with Crippen LogP contribution in [0.4, 0.5) is 5.13 Å². The zero-order valence-corrected chi connectivity index (χ0v) is 32.1. The first-order chi connectivity index (χ1) is 24.9. The topological polar surface area (TPSA) is 153 Å². The van der Waals surface area contributed by atoms with Gasteiger partial charge in [0.15, 0.2) is 5.13 Å². The number of thiazole rings is 1. The minimum atomic E-state index is -1.17. The van der Waals surface area contributed by atoms with Crippen molar-refractivity contribution in [1.29, 1.82) is 0 Å². The fourth-order valence-electron chi connectivity index (χ4n) is 7.14. The normalized spacial score (nSPS) is 15.8. The van der Waals surface area contributed by atoms with Gasteiger partial charge in [0.2, 0.25) is 17.7 Å². The lowest BCUT2D eigenvalue weighted by molar-refractivity contribution is -0.146. The van der Waals surface area contributed by atoms with Crippen LogP contribution in [-0.4, -0.2) is 91.0 Å². The number of pyridine rings is 1. The summed E-state index contributed by atoms with van der Waals surface area (Å²) in [5.74, 6) is -0.385. The van der Waals surface area contributed by atoms with Crippen molar-refractivity contribution in [2.75, 3.05) is 25.9 Å². The van der Waals surface area contributed by atoms with Gasteiger partial charge in [-0.1, -0.05) is 82.3 Å². The molecule has 1 aromatic carbocycles. The molecule has 3 amide bonds. The molecule has 52 heavy (non-hydrogen) atoms. The van der Waals surface area contributed by atoms with Crippen LogP contribution in [0.1, 0.15) is 101 Å². The first-order valence-corrected chi connectivity index (χ1v) is 19.6. The van der Waals surface area contributed by atoms with Gasteiger partial charge in [0.05, 0.1) is 30.4 Å². The van der Waals surface area contributed by atoms with E-state index in [-0.39, 0.29) is 49.6 Å². The summed E-state index contributed by atoms with van der Waals surface area (Å²) in [6.07, 6.45) is 7.99. The molecular formula is C40H58N6O5S. The lowest BCUT2D eigenvalue weighted by atomic mass is 9.81. The lowest BCUT2D eigenvalue weighted by Crippen LogP contribution is -2.52. The maximum atomic E-state index is 14.3. The van der Waals surface area contributed by atoms with Gasteiger partial charge in [-0.2, -0.15) is 0 Å². The first-order valence-electron chi connectivity index (χ1n) is 18.8. The Bertz CT molecular complexity index is 1530. The van der Waals surface area contributed by atoms with Crippen molar-refractivity contribution in [3.05, 3.63) is 77.1 Å². The SMILES string of the molecule is CC(C)C[C@H](O)[C@H](O)[C@H](CC1CCCCC1)N(Cc1csc(N)n1)C(=O)CCC(=O)N(CC(=O)N(C)CCc1cccnc1)[C@@H](C)c1ccccc1. The summed E-state index contributed by atoms with van der Waals surface area (Å²) < 4.78 is 0. The van der Waals surface area contributed by atoms with E-state index < -0.39 is 24.3 Å². The van der Waals surface area contributed by atoms with Gasteiger partial charge < -0.3 is 30.6 Å². The van der Waals surface area contributed by atoms with Gasteiger partial charge in [-0.3, -0.25) is 19.4 Å². The molecule has 4 N–H and O–H groups in total.